The summed E-state index contributed by atoms with van der Waals surface area (Å²) in [4.78, 5) is 14.3. The molecule has 25 heavy (non-hydrogen) atoms. The fourth-order valence-electron chi connectivity index (χ4n) is 2.67. The Labute approximate surface area is 161 Å². The van der Waals surface area contributed by atoms with Crippen molar-refractivity contribution >= 4 is 46.5 Å². The van der Waals surface area contributed by atoms with E-state index in [1.807, 2.05) is 4.90 Å². The summed E-state index contributed by atoms with van der Waals surface area (Å²) < 4.78 is 5.05. The summed E-state index contributed by atoms with van der Waals surface area (Å²) in [5.74, 6) is -0.997. The predicted octanol–water partition coefficient (Wildman–Crippen LogP) is 4.48. The van der Waals surface area contributed by atoms with E-state index in [0.29, 0.717) is 17.9 Å². The quantitative estimate of drug-likeness (QED) is 0.317. The SMILES string of the molecule is CCOC(=O)/C(C(=N)c1c(Cl)cc(Cl)cc1Cl)=C(/O)C1(N(C)C)CC1. The summed E-state index contributed by atoms with van der Waals surface area (Å²) in [6.45, 7) is 1.76. The van der Waals surface area contributed by atoms with Crippen LogP contribution in [0.2, 0.25) is 15.1 Å². The van der Waals surface area contributed by atoms with Crippen molar-refractivity contribution in [3.63, 3.8) is 0 Å². The first-order valence-corrected chi connectivity index (χ1v) is 8.81. The van der Waals surface area contributed by atoms with E-state index in [1.165, 1.54) is 12.1 Å². The van der Waals surface area contributed by atoms with Crippen molar-refractivity contribution in [3.8, 4) is 0 Å². The predicted molar refractivity (Wildman–Crippen MR) is 100 cm³/mol. The van der Waals surface area contributed by atoms with Gasteiger partial charge in [0.25, 0.3) is 0 Å². The molecule has 136 valence electrons. The molecule has 8 heteroatoms. The van der Waals surface area contributed by atoms with Crippen LogP contribution < -0.4 is 0 Å². The number of halogens is 3. The minimum absolute atomic E-state index is 0.111. The zero-order valence-electron chi connectivity index (χ0n) is 14.1. The standard InChI is InChI=1S/C17H19Cl3N2O3/c1-4-25-16(24)13(15(23)17(5-6-17)22(2)3)14(21)12-10(19)7-9(18)8-11(12)20/h7-8,21,23H,4-6H2,1-3H3/b15-13+,21-14?. The second kappa shape index (κ2) is 7.54. The van der Waals surface area contributed by atoms with E-state index >= 15 is 0 Å². The van der Waals surface area contributed by atoms with Gasteiger partial charge in [0.15, 0.2) is 0 Å². The Morgan fingerprint density at radius 3 is 2.20 bits per heavy atom. The molecule has 0 saturated heterocycles. The van der Waals surface area contributed by atoms with Gasteiger partial charge in [-0.05, 0) is 46.0 Å². The lowest BCUT2D eigenvalue weighted by atomic mass is 9.97. The highest BCUT2D eigenvalue weighted by molar-refractivity contribution is 6.44. The number of nitrogens with one attached hydrogen (secondary N) is 1. The Morgan fingerprint density at radius 2 is 1.80 bits per heavy atom. The number of ether oxygens (including phenoxy) is 1. The van der Waals surface area contributed by atoms with E-state index in [4.69, 9.17) is 44.9 Å². The third-order valence-corrected chi connectivity index (χ3v) is 5.06. The summed E-state index contributed by atoms with van der Waals surface area (Å²) >= 11 is 18.3. The van der Waals surface area contributed by atoms with Crippen molar-refractivity contribution < 1.29 is 14.6 Å². The number of hydrogen-bond donors (Lipinski definition) is 2. The van der Waals surface area contributed by atoms with E-state index in [9.17, 15) is 9.90 Å². The van der Waals surface area contributed by atoms with Crippen molar-refractivity contribution in [1.82, 2.24) is 4.90 Å². The Bertz CT molecular complexity index is 733. The fraction of sp³-hybridized carbons (Fsp3) is 0.412. The second-order valence-electron chi connectivity index (χ2n) is 5.99. The summed E-state index contributed by atoms with van der Waals surface area (Å²) in [5, 5.41) is 19.8. The van der Waals surface area contributed by atoms with E-state index in [0.717, 1.165) is 0 Å². The van der Waals surface area contributed by atoms with E-state index in [2.05, 4.69) is 0 Å². The van der Waals surface area contributed by atoms with Gasteiger partial charge in [-0.15, -0.1) is 0 Å². The molecular weight excluding hydrogens is 387 g/mol. The van der Waals surface area contributed by atoms with Crippen molar-refractivity contribution in [2.24, 2.45) is 0 Å². The highest BCUT2D eigenvalue weighted by Crippen LogP contribution is 2.47. The molecule has 1 aliphatic rings. The Kier molecular flexibility index (Phi) is 6.05. The van der Waals surface area contributed by atoms with Crippen LogP contribution in [0.5, 0.6) is 0 Å². The smallest absolute Gasteiger partial charge is 0.343 e. The van der Waals surface area contributed by atoms with Gasteiger partial charge in [-0.2, -0.15) is 0 Å². The lowest BCUT2D eigenvalue weighted by Crippen LogP contribution is -2.35. The number of benzene rings is 1. The Morgan fingerprint density at radius 1 is 1.28 bits per heavy atom. The van der Waals surface area contributed by atoms with Crippen molar-refractivity contribution in [2.75, 3.05) is 20.7 Å². The average Bonchev–Trinajstić information content (AvgIpc) is 3.28. The largest absolute Gasteiger partial charge is 0.509 e. The zero-order chi connectivity index (χ0) is 18.9. The van der Waals surface area contributed by atoms with E-state index < -0.39 is 11.5 Å². The molecule has 0 aliphatic heterocycles. The number of aliphatic hydroxyl groups is 1. The van der Waals surface area contributed by atoms with Crippen LogP contribution in [0.4, 0.5) is 0 Å². The normalized spacial score (nSPS) is 16.4. The molecule has 0 spiro atoms. The molecule has 2 rings (SSSR count). The summed E-state index contributed by atoms with van der Waals surface area (Å²) in [5.41, 5.74) is -1.09. The maximum Gasteiger partial charge on any atom is 0.343 e. The third-order valence-electron chi connectivity index (χ3n) is 4.24. The number of rotatable bonds is 6. The van der Waals surface area contributed by atoms with Crippen LogP contribution in [0, 0.1) is 5.41 Å². The number of nitrogens with zero attached hydrogens (tertiary/aromatic N) is 1. The maximum absolute atomic E-state index is 12.5. The molecule has 1 fully saturated rings. The fourth-order valence-corrected chi connectivity index (χ4v) is 3.68. The molecule has 0 bridgehead atoms. The van der Waals surface area contributed by atoms with Gasteiger partial charge >= 0.3 is 5.97 Å². The minimum atomic E-state index is -0.791. The molecule has 0 amide bonds. The first-order valence-electron chi connectivity index (χ1n) is 7.67. The van der Waals surface area contributed by atoms with Gasteiger partial charge < -0.3 is 9.84 Å². The maximum atomic E-state index is 12.5. The van der Waals surface area contributed by atoms with Gasteiger partial charge in [0.1, 0.15) is 11.3 Å². The van der Waals surface area contributed by atoms with Gasteiger partial charge in [-0.3, -0.25) is 10.3 Å². The number of hydrogen-bond acceptors (Lipinski definition) is 5. The zero-order valence-corrected chi connectivity index (χ0v) is 16.4. The molecule has 0 heterocycles. The monoisotopic (exact) mass is 404 g/mol. The number of carbonyl (C=O) groups excluding carboxylic acids is 1. The molecule has 1 saturated carbocycles. The van der Waals surface area contributed by atoms with Crippen molar-refractivity contribution in [3.05, 3.63) is 44.1 Å². The van der Waals surface area contributed by atoms with Crippen LogP contribution in [0.25, 0.3) is 0 Å². The van der Waals surface area contributed by atoms with Crippen LogP contribution in [0.3, 0.4) is 0 Å². The summed E-state index contributed by atoms with van der Waals surface area (Å²) in [7, 11) is 3.61. The number of carbonyl (C=O) groups is 1. The lowest BCUT2D eigenvalue weighted by Gasteiger charge is -2.25. The van der Waals surface area contributed by atoms with Gasteiger partial charge in [0.2, 0.25) is 0 Å². The number of likely N-dealkylation sites (N-methyl/N-ethyl adjacent to an activating group) is 1. The van der Waals surface area contributed by atoms with Gasteiger partial charge in [-0.25, -0.2) is 4.79 Å². The molecule has 1 aromatic rings. The number of aliphatic hydroxyl groups excluding tert-OH is 1. The van der Waals surface area contributed by atoms with Crippen LogP contribution in [-0.2, 0) is 9.53 Å². The van der Waals surface area contributed by atoms with Crippen LogP contribution in [0.1, 0.15) is 25.3 Å². The molecule has 0 aromatic heterocycles. The second-order valence-corrected chi connectivity index (χ2v) is 7.24. The number of esters is 1. The van der Waals surface area contributed by atoms with Crippen LogP contribution in [-0.4, -0.2) is 47.9 Å². The first-order chi connectivity index (χ1) is 11.7. The van der Waals surface area contributed by atoms with Gasteiger partial charge in [0.05, 0.1) is 27.9 Å². The molecule has 5 nitrogen and oxygen atoms in total. The van der Waals surface area contributed by atoms with E-state index in [1.54, 1.807) is 21.0 Å². The summed E-state index contributed by atoms with van der Waals surface area (Å²) in [6, 6.07) is 2.86. The highest BCUT2D eigenvalue weighted by atomic mass is 35.5. The molecule has 2 N–H and O–H groups in total. The molecule has 0 unspecified atom stereocenters. The van der Waals surface area contributed by atoms with Gasteiger partial charge in [-0.1, -0.05) is 34.8 Å². The minimum Gasteiger partial charge on any atom is -0.509 e. The average molecular weight is 406 g/mol. The molecule has 0 radical (unpaired) electrons. The topological polar surface area (TPSA) is 73.6 Å². The first kappa shape index (κ1) is 20.0. The molecule has 0 atom stereocenters. The van der Waals surface area contributed by atoms with Gasteiger partial charge in [0, 0.05) is 10.6 Å². The van der Waals surface area contributed by atoms with Crippen molar-refractivity contribution in [1.29, 1.82) is 5.41 Å². The highest BCUT2D eigenvalue weighted by Gasteiger charge is 2.51. The Hall–Kier alpha value is -1.27. The Balaban J connectivity index is 2.62. The van der Waals surface area contributed by atoms with Crippen LogP contribution in [0.15, 0.2) is 23.5 Å². The summed E-state index contributed by atoms with van der Waals surface area (Å²) in [6.07, 6.45) is 1.34. The van der Waals surface area contributed by atoms with Crippen LogP contribution >= 0.6 is 34.8 Å². The molecule has 1 aromatic carbocycles. The lowest BCUT2D eigenvalue weighted by molar-refractivity contribution is -0.138. The third kappa shape index (κ3) is 3.80. The van der Waals surface area contributed by atoms with E-state index in [-0.39, 0.29) is 39.3 Å². The molecular formula is C17H19Cl3N2O3. The molecule has 1 aliphatic carbocycles. The van der Waals surface area contributed by atoms with Crippen molar-refractivity contribution in [2.45, 2.75) is 25.3 Å².